The molecular weight excluding hydrogens is 225 g/mol. The Hall–Kier alpha value is -0.800. The van der Waals surface area contributed by atoms with Crippen LogP contribution in [0.25, 0.3) is 0 Å². The number of nitrogens with zero attached hydrogens (tertiary/aromatic N) is 1. The average molecular weight is 234 g/mol. The Morgan fingerprint density at radius 2 is 2.29 bits per heavy atom. The molecule has 0 aromatic carbocycles. The fourth-order valence-corrected chi connectivity index (χ4v) is 1.26. The van der Waals surface area contributed by atoms with Crippen molar-refractivity contribution in [3.8, 4) is 5.88 Å². The Labute approximate surface area is 92.0 Å². The summed E-state index contributed by atoms with van der Waals surface area (Å²) in [6, 6.07) is 1.48. The largest absolute Gasteiger partial charge is 0.406 e. The monoisotopic (exact) mass is 233 g/mol. The third-order valence-corrected chi connectivity index (χ3v) is 1.92. The van der Waals surface area contributed by atoms with E-state index in [1.807, 2.05) is 6.92 Å². The topological polar surface area (TPSA) is 39.2 Å². The van der Waals surface area contributed by atoms with Crippen molar-refractivity contribution in [2.45, 2.75) is 19.8 Å². The van der Waals surface area contributed by atoms with E-state index < -0.39 is 0 Å². The van der Waals surface area contributed by atoms with E-state index in [0.717, 1.165) is 6.42 Å². The van der Waals surface area contributed by atoms with Crippen LogP contribution in [0.5, 0.6) is 5.88 Å². The molecule has 14 heavy (non-hydrogen) atoms. The molecule has 0 saturated carbocycles. The van der Waals surface area contributed by atoms with Gasteiger partial charge in [-0.1, -0.05) is 30.1 Å². The van der Waals surface area contributed by atoms with E-state index in [1.54, 1.807) is 0 Å². The Bertz CT molecular complexity index is 342. The van der Waals surface area contributed by atoms with Crippen molar-refractivity contribution in [3.05, 3.63) is 22.3 Å². The van der Waals surface area contributed by atoms with Gasteiger partial charge in [0, 0.05) is 12.6 Å². The van der Waals surface area contributed by atoms with Gasteiger partial charge in [0.25, 0.3) is 0 Å². The molecule has 0 N–H and O–H groups in total. The number of rotatable bonds is 3. The van der Waals surface area contributed by atoms with Crippen molar-refractivity contribution in [1.82, 2.24) is 4.98 Å². The smallest absolute Gasteiger partial charge is 0.312 e. The second-order valence-electron chi connectivity index (χ2n) is 2.66. The lowest BCUT2D eigenvalue weighted by atomic mass is 10.3. The van der Waals surface area contributed by atoms with Gasteiger partial charge in [-0.25, -0.2) is 4.98 Å². The summed E-state index contributed by atoms with van der Waals surface area (Å²) in [5, 5.41) is 0.646. The van der Waals surface area contributed by atoms with Crippen molar-refractivity contribution in [2.24, 2.45) is 0 Å². The number of aromatic nitrogens is 1. The van der Waals surface area contributed by atoms with Crippen molar-refractivity contribution in [2.75, 3.05) is 0 Å². The highest BCUT2D eigenvalue weighted by Crippen LogP contribution is 2.24. The van der Waals surface area contributed by atoms with Crippen LogP contribution >= 0.6 is 23.2 Å². The molecule has 1 heterocycles. The van der Waals surface area contributed by atoms with Crippen molar-refractivity contribution in [3.63, 3.8) is 0 Å². The van der Waals surface area contributed by atoms with Crippen LogP contribution in [0.3, 0.4) is 0 Å². The highest BCUT2D eigenvalue weighted by atomic mass is 35.5. The molecular formula is C9H9Cl2NO2. The maximum atomic E-state index is 11.1. The molecule has 0 radical (unpaired) electrons. The lowest BCUT2D eigenvalue weighted by Crippen LogP contribution is -2.08. The van der Waals surface area contributed by atoms with E-state index in [0.29, 0.717) is 11.4 Å². The molecule has 0 amide bonds. The van der Waals surface area contributed by atoms with Crippen molar-refractivity contribution >= 4 is 29.2 Å². The van der Waals surface area contributed by atoms with Crippen LogP contribution in [0, 0.1) is 0 Å². The summed E-state index contributed by atoms with van der Waals surface area (Å²) >= 11 is 11.4. The van der Waals surface area contributed by atoms with Crippen LogP contribution < -0.4 is 4.74 Å². The van der Waals surface area contributed by atoms with Gasteiger partial charge in [-0.3, -0.25) is 4.79 Å². The first-order valence-corrected chi connectivity index (χ1v) is 4.90. The van der Waals surface area contributed by atoms with Gasteiger partial charge in [-0.05, 0) is 12.5 Å². The van der Waals surface area contributed by atoms with Crippen LogP contribution in [0.15, 0.2) is 12.3 Å². The first-order chi connectivity index (χ1) is 6.63. The fourth-order valence-electron chi connectivity index (χ4n) is 0.840. The molecule has 0 atom stereocenters. The number of ether oxygens (including phenoxy) is 1. The fraction of sp³-hybridized carbons (Fsp3) is 0.333. The molecule has 76 valence electrons. The second-order valence-corrected chi connectivity index (χ2v) is 3.51. The highest BCUT2D eigenvalue weighted by molar-refractivity contribution is 6.35. The molecule has 1 aromatic rings. The third kappa shape index (κ3) is 3.16. The summed E-state index contributed by atoms with van der Waals surface area (Å²) < 4.78 is 4.90. The first-order valence-electron chi connectivity index (χ1n) is 4.15. The van der Waals surface area contributed by atoms with Gasteiger partial charge in [0.2, 0.25) is 5.88 Å². The van der Waals surface area contributed by atoms with Gasteiger partial charge in [0.05, 0.1) is 5.02 Å². The van der Waals surface area contributed by atoms with Crippen LogP contribution in [-0.4, -0.2) is 11.0 Å². The Balaban J connectivity index is 2.72. The number of esters is 1. The minimum Gasteiger partial charge on any atom is -0.406 e. The highest BCUT2D eigenvalue weighted by Gasteiger charge is 2.08. The Kier molecular flexibility index (Phi) is 4.17. The van der Waals surface area contributed by atoms with Crippen LogP contribution in [0.1, 0.15) is 19.8 Å². The lowest BCUT2D eigenvalue weighted by Gasteiger charge is -2.03. The van der Waals surface area contributed by atoms with E-state index in [2.05, 4.69) is 4.98 Å². The average Bonchev–Trinajstić information content (AvgIpc) is 2.10. The molecule has 0 spiro atoms. The van der Waals surface area contributed by atoms with Gasteiger partial charge in [-0.15, -0.1) is 0 Å². The van der Waals surface area contributed by atoms with E-state index in [9.17, 15) is 4.79 Å². The zero-order chi connectivity index (χ0) is 10.6. The summed E-state index contributed by atoms with van der Waals surface area (Å²) in [7, 11) is 0. The molecule has 0 saturated heterocycles. The van der Waals surface area contributed by atoms with Gasteiger partial charge >= 0.3 is 5.97 Å². The summed E-state index contributed by atoms with van der Waals surface area (Å²) in [5.74, 6) is -0.237. The van der Waals surface area contributed by atoms with Crippen molar-refractivity contribution < 1.29 is 9.53 Å². The molecule has 0 bridgehead atoms. The number of carbonyl (C=O) groups is 1. The van der Waals surface area contributed by atoms with E-state index in [-0.39, 0.29) is 16.9 Å². The lowest BCUT2D eigenvalue weighted by molar-refractivity contribution is -0.134. The summed E-state index contributed by atoms with van der Waals surface area (Å²) in [4.78, 5) is 14.9. The van der Waals surface area contributed by atoms with Gasteiger partial charge in [-0.2, -0.15) is 0 Å². The Morgan fingerprint density at radius 1 is 1.57 bits per heavy atom. The molecule has 0 aliphatic carbocycles. The molecule has 5 heteroatoms. The van der Waals surface area contributed by atoms with E-state index in [4.69, 9.17) is 27.9 Å². The van der Waals surface area contributed by atoms with E-state index in [1.165, 1.54) is 12.3 Å². The quantitative estimate of drug-likeness (QED) is 0.754. The van der Waals surface area contributed by atoms with Crippen LogP contribution in [0.2, 0.25) is 10.0 Å². The van der Waals surface area contributed by atoms with Gasteiger partial charge in [0.15, 0.2) is 0 Å². The second kappa shape index (κ2) is 5.17. The van der Waals surface area contributed by atoms with Gasteiger partial charge in [0.1, 0.15) is 5.02 Å². The standard InChI is InChI=1S/C9H9Cl2NO2/c1-2-3-8(13)14-9-7(11)4-6(10)5-12-9/h4-5H,2-3H2,1H3. The normalized spacial score (nSPS) is 9.93. The molecule has 1 aromatic heterocycles. The number of hydrogen-bond donors (Lipinski definition) is 0. The predicted octanol–water partition coefficient (Wildman–Crippen LogP) is 3.09. The van der Waals surface area contributed by atoms with Crippen LogP contribution in [0.4, 0.5) is 0 Å². The molecule has 0 unspecified atom stereocenters. The summed E-state index contributed by atoms with van der Waals surface area (Å²) in [6.07, 6.45) is 2.45. The zero-order valence-electron chi connectivity index (χ0n) is 7.59. The number of pyridine rings is 1. The van der Waals surface area contributed by atoms with Gasteiger partial charge < -0.3 is 4.74 Å². The maximum absolute atomic E-state index is 11.1. The molecule has 0 aliphatic rings. The van der Waals surface area contributed by atoms with Crippen molar-refractivity contribution in [1.29, 1.82) is 0 Å². The number of hydrogen-bond acceptors (Lipinski definition) is 3. The predicted molar refractivity (Wildman–Crippen MR) is 54.8 cm³/mol. The minimum atomic E-state index is -0.343. The minimum absolute atomic E-state index is 0.106. The molecule has 1 rings (SSSR count). The molecule has 0 aliphatic heterocycles. The SMILES string of the molecule is CCCC(=O)Oc1ncc(Cl)cc1Cl. The summed E-state index contributed by atoms with van der Waals surface area (Å²) in [6.45, 7) is 1.89. The number of carbonyl (C=O) groups excluding carboxylic acids is 1. The molecule has 0 fully saturated rings. The third-order valence-electron chi connectivity index (χ3n) is 1.44. The van der Waals surface area contributed by atoms with E-state index >= 15 is 0 Å². The Morgan fingerprint density at radius 3 is 2.86 bits per heavy atom. The number of halogens is 2. The zero-order valence-corrected chi connectivity index (χ0v) is 9.10. The summed E-state index contributed by atoms with van der Waals surface area (Å²) in [5.41, 5.74) is 0. The maximum Gasteiger partial charge on any atom is 0.312 e. The van der Waals surface area contributed by atoms with Crippen LogP contribution in [-0.2, 0) is 4.79 Å². The molecule has 3 nitrogen and oxygen atoms in total. The first kappa shape index (κ1) is 11.3.